The van der Waals surface area contributed by atoms with Gasteiger partial charge < -0.3 is 23.6 Å². The van der Waals surface area contributed by atoms with Crippen LogP contribution in [0, 0.1) is 0 Å². The number of ether oxygens (including phenoxy) is 3. The van der Waals surface area contributed by atoms with Gasteiger partial charge in [-0.1, -0.05) is 60.7 Å². The first-order valence-corrected chi connectivity index (χ1v) is 15.3. The maximum Gasteiger partial charge on any atom is 0.412 e. The van der Waals surface area contributed by atoms with Crippen molar-refractivity contribution in [2.24, 2.45) is 0 Å². The molecule has 0 aromatic heterocycles. The molecule has 4 aliphatic rings. The van der Waals surface area contributed by atoms with Crippen LogP contribution >= 0.6 is 0 Å². The molecule has 4 aliphatic heterocycles. The smallest absolute Gasteiger partial charge is 0.412 e. The third-order valence-corrected chi connectivity index (χ3v) is 9.90. The lowest BCUT2D eigenvalue weighted by molar-refractivity contribution is -0.956. The van der Waals surface area contributed by atoms with Gasteiger partial charge in [-0.25, -0.2) is 9.59 Å². The van der Waals surface area contributed by atoms with Crippen LogP contribution in [0.2, 0.25) is 0 Å². The summed E-state index contributed by atoms with van der Waals surface area (Å²) in [6.07, 6.45) is 8.42. The molecule has 2 bridgehead atoms. The Morgan fingerprint density at radius 1 is 0.825 bits per heavy atom. The number of esters is 1. The number of benzene rings is 2. The summed E-state index contributed by atoms with van der Waals surface area (Å²) >= 11 is 0. The zero-order valence-electron chi connectivity index (χ0n) is 23.7. The lowest BCUT2D eigenvalue weighted by atomic mass is 9.85. The number of piperidine rings is 2. The number of quaternary nitrogens is 1. The van der Waals surface area contributed by atoms with Crippen molar-refractivity contribution in [3.05, 3.63) is 71.8 Å². The standard InChI is InChI=1S/C33H43N2O5/c1-25(38-32(37)34-19-9-4-10-20-34)40-33(26-13-5-2-6-14-26,27-15-7-3-8-16-27)31(36)39-30-23-28-17-18-29(24-30)35(28)21-11-12-22-35/h2-3,5-8,13-16,25,28-30H,4,9-12,17-24H2,1H3/q+1. The molecule has 0 saturated carbocycles. The highest BCUT2D eigenvalue weighted by atomic mass is 16.7. The van der Waals surface area contributed by atoms with E-state index in [2.05, 4.69) is 0 Å². The van der Waals surface area contributed by atoms with Gasteiger partial charge in [-0.15, -0.1) is 0 Å². The Morgan fingerprint density at radius 3 is 1.93 bits per heavy atom. The second kappa shape index (κ2) is 11.5. The van der Waals surface area contributed by atoms with E-state index in [1.807, 2.05) is 60.7 Å². The van der Waals surface area contributed by atoms with E-state index >= 15 is 0 Å². The normalized spacial score (nSPS) is 26.4. The van der Waals surface area contributed by atoms with Crippen molar-refractivity contribution in [2.45, 2.75) is 94.8 Å². The summed E-state index contributed by atoms with van der Waals surface area (Å²) in [5, 5.41) is 0. The predicted molar refractivity (Wildman–Crippen MR) is 151 cm³/mol. The predicted octanol–water partition coefficient (Wildman–Crippen LogP) is 5.76. The van der Waals surface area contributed by atoms with E-state index in [4.69, 9.17) is 14.2 Å². The highest BCUT2D eigenvalue weighted by molar-refractivity contribution is 5.86. The van der Waals surface area contributed by atoms with Gasteiger partial charge in [0.2, 0.25) is 11.9 Å². The Balaban J connectivity index is 1.28. The molecule has 0 N–H and O–H groups in total. The van der Waals surface area contributed by atoms with E-state index in [9.17, 15) is 9.59 Å². The molecule has 4 fully saturated rings. The summed E-state index contributed by atoms with van der Waals surface area (Å²) in [5.74, 6) is -0.440. The number of carbonyl (C=O) groups is 2. The van der Waals surface area contributed by atoms with Crippen LogP contribution in [0.3, 0.4) is 0 Å². The maximum atomic E-state index is 14.5. The minimum atomic E-state index is -1.57. The number of hydrogen-bond acceptors (Lipinski definition) is 5. The molecule has 3 unspecified atom stereocenters. The Labute approximate surface area is 238 Å². The van der Waals surface area contributed by atoms with Crippen molar-refractivity contribution in [1.82, 2.24) is 4.90 Å². The summed E-state index contributed by atoms with van der Waals surface area (Å²) in [5.41, 5.74) is -0.247. The van der Waals surface area contributed by atoms with E-state index in [0.717, 1.165) is 32.1 Å². The second-order valence-electron chi connectivity index (χ2n) is 12.2. The van der Waals surface area contributed by atoms with Crippen LogP contribution in [0.15, 0.2) is 60.7 Å². The molecule has 214 valence electrons. The number of likely N-dealkylation sites (tertiary alicyclic amines) is 1. The van der Waals surface area contributed by atoms with E-state index < -0.39 is 24.0 Å². The first-order valence-electron chi connectivity index (χ1n) is 15.3. The van der Waals surface area contributed by atoms with Crippen molar-refractivity contribution < 1.29 is 28.3 Å². The molecule has 40 heavy (non-hydrogen) atoms. The molecule has 3 atom stereocenters. The van der Waals surface area contributed by atoms with Crippen LogP contribution in [0.4, 0.5) is 4.79 Å². The Morgan fingerprint density at radius 2 is 1.38 bits per heavy atom. The van der Waals surface area contributed by atoms with E-state index in [-0.39, 0.29) is 6.10 Å². The summed E-state index contributed by atoms with van der Waals surface area (Å²) in [4.78, 5) is 29.2. The van der Waals surface area contributed by atoms with Crippen LogP contribution < -0.4 is 0 Å². The minimum absolute atomic E-state index is 0.143. The third kappa shape index (κ3) is 5.03. The molecule has 6 rings (SSSR count). The van der Waals surface area contributed by atoms with Gasteiger partial charge in [-0.05, 0) is 37.3 Å². The van der Waals surface area contributed by atoms with Crippen molar-refractivity contribution in [1.29, 1.82) is 0 Å². The lowest BCUT2D eigenvalue weighted by Crippen LogP contribution is -2.60. The van der Waals surface area contributed by atoms with Crippen LogP contribution in [0.25, 0.3) is 0 Å². The van der Waals surface area contributed by atoms with Gasteiger partial charge in [-0.3, -0.25) is 0 Å². The minimum Gasteiger partial charge on any atom is -0.459 e. The monoisotopic (exact) mass is 547 g/mol. The van der Waals surface area contributed by atoms with Gasteiger partial charge in [0.25, 0.3) is 0 Å². The summed E-state index contributed by atoms with van der Waals surface area (Å²) < 4.78 is 20.1. The topological polar surface area (TPSA) is 65.1 Å². The van der Waals surface area contributed by atoms with Gasteiger partial charge in [0, 0.05) is 51.6 Å². The number of hydrogen-bond donors (Lipinski definition) is 0. The molecule has 7 heteroatoms. The average Bonchev–Trinajstić information content (AvgIpc) is 3.53. The highest BCUT2D eigenvalue weighted by Crippen LogP contribution is 2.47. The zero-order valence-corrected chi connectivity index (χ0v) is 23.7. The third-order valence-electron chi connectivity index (χ3n) is 9.90. The molecule has 4 heterocycles. The van der Waals surface area contributed by atoms with Gasteiger partial charge in [0.05, 0.1) is 25.2 Å². The molecule has 4 saturated heterocycles. The van der Waals surface area contributed by atoms with Crippen molar-refractivity contribution >= 4 is 12.1 Å². The fourth-order valence-electron chi connectivity index (χ4n) is 8.04. The summed E-state index contributed by atoms with van der Waals surface area (Å²) in [6, 6.07) is 20.2. The van der Waals surface area contributed by atoms with Gasteiger partial charge >= 0.3 is 12.1 Å². The SMILES string of the molecule is CC(OC(=O)N1CCCCC1)OC(C(=O)OC1CC2CCC(C1)[N+]21CCCC1)(c1ccccc1)c1ccccc1. The van der Waals surface area contributed by atoms with Gasteiger partial charge in [0.15, 0.2) is 0 Å². The molecular weight excluding hydrogens is 504 g/mol. The number of amides is 1. The number of rotatable bonds is 7. The Hall–Kier alpha value is -2.90. The van der Waals surface area contributed by atoms with Gasteiger partial charge in [-0.2, -0.15) is 0 Å². The summed E-state index contributed by atoms with van der Waals surface area (Å²) in [6.45, 7) is 5.60. The molecule has 2 aromatic carbocycles. The molecule has 7 nitrogen and oxygen atoms in total. The number of nitrogens with zero attached hydrogens (tertiary/aromatic N) is 2. The van der Waals surface area contributed by atoms with Crippen LogP contribution in [0.5, 0.6) is 0 Å². The van der Waals surface area contributed by atoms with Crippen molar-refractivity contribution in [3.63, 3.8) is 0 Å². The number of carbonyl (C=O) groups excluding carboxylic acids is 2. The molecule has 1 amide bonds. The van der Waals surface area contributed by atoms with E-state index in [0.29, 0.717) is 36.3 Å². The fourth-order valence-corrected chi connectivity index (χ4v) is 8.04. The first-order chi connectivity index (χ1) is 19.5. The van der Waals surface area contributed by atoms with Crippen LogP contribution in [0.1, 0.15) is 75.8 Å². The van der Waals surface area contributed by atoms with Crippen LogP contribution in [-0.2, 0) is 24.6 Å². The maximum absolute atomic E-state index is 14.5. The second-order valence-corrected chi connectivity index (χ2v) is 12.2. The van der Waals surface area contributed by atoms with Crippen molar-refractivity contribution in [2.75, 3.05) is 26.2 Å². The van der Waals surface area contributed by atoms with E-state index in [1.165, 1.54) is 43.3 Å². The average molecular weight is 548 g/mol. The zero-order chi connectivity index (χ0) is 27.6. The molecule has 0 aliphatic carbocycles. The molecule has 2 aromatic rings. The molecule has 0 radical (unpaired) electrons. The quantitative estimate of drug-likeness (QED) is 0.250. The largest absolute Gasteiger partial charge is 0.459 e. The van der Waals surface area contributed by atoms with E-state index in [1.54, 1.807) is 11.8 Å². The lowest BCUT2D eigenvalue weighted by Gasteiger charge is -2.47. The Bertz CT molecular complexity index is 1100. The molecular formula is C33H43N2O5+. The fraction of sp³-hybridized carbons (Fsp3) is 0.576. The molecule has 1 spiro atoms. The highest BCUT2D eigenvalue weighted by Gasteiger charge is 2.57. The van der Waals surface area contributed by atoms with Crippen LogP contribution in [-0.4, -0.2) is 72.1 Å². The van der Waals surface area contributed by atoms with Crippen molar-refractivity contribution in [3.8, 4) is 0 Å². The first kappa shape index (κ1) is 27.3. The van der Waals surface area contributed by atoms with Gasteiger partial charge in [0.1, 0.15) is 6.10 Å². The Kier molecular flexibility index (Phi) is 7.87. The summed E-state index contributed by atoms with van der Waals surface area (Å²) in [7, 11) is 0.